The Morgan fingerprint density at radius 2 is 1.92 bits per heavy atom. The highest BCUT2D eigenvalue weighted by molar-refractivity contribution is 7.99. The Balaban J connectivity index is 3.21. The Kier molecular flexibility index (Phi) is 9.56. The van der Waals surface area contributed by atoms with Crippen molar-refractivity contribution in [1.82, 2.24) is 0 Å². The van der Waals surface area contributed by atoms with Crippen molar-refractivity contribution in [2.24, 2.45) is 0 Å². The van der Waals surface area contributed by atoms with E-state index >= 15 is 0 Å². The Bertz CT molecular complexity index is 114. The minimum atomic E-state index is -0.679. The highest BCUT2D eigenvalue weighted by Crippen LogP contribution is 2.08. The Morgan fingerprint density at radius 3 is 2.46 bits per heavy atom. The van der Waals surface area contributed by atoms with E-state index < -0.39 is 6.29 Å². The molecule has 5 heteroatoms. The second kappa shape index (κ2) is 9.15. The van der Waals surface area contributed by atoms with Crippen LogP contribution in [0.25, 0.3) is 0 Å². The van der Waals surface area contributed by atoms with Gasteiger partial charge in [0.05, 0.1) is 6.61 Å². The first kappa shape index (κ1) is 13.6. The monoisotopic (exact) mass is 226 g/mol. The fraction of sp³-hybridized carbons (Fsp3) is 1.00. The molecule has 80 valence electrons. The average molecular weight is 226 g/mol. The lowest BCUT2D eigenvalue weighted by Crippen LogP contribution is -2.16. The van der Waals surface area contributed by atoms with E-state index in [0.29, 0.717) is 19.4 Å². The summed E-state index contributed by atoms with van der Waals surface area (Å²) in [6.45, 7) is 0.414. The molecule has 0 aliphatic rings. The van der Waals surface area contributed by atoms with Crippen molar-refractivity contribution in [3.63, 3.8) is 0 Å². The molecule has 0 aromatic rings. The highest BCUT2D eigenvalue weighted by atomic mass is 32.2. The van der Waals surface area contributed by atoms with Crippen molar-refractivity contribution in [1.29, 1.82) is 0 Å². The van der Waals surface area contributed by atoms with E-state index in [4.69, 9.17) is 9.84 Å². The molecule has 0 amide bonds. The van der Waals surface area contributed by atoms with Gasteiger partial charge in [0.2, 0.25) is 0 Å². The SMILES string of the molecule is CSCC[C@H](O)OCC[C@@H](O)SC. The lowest BCUT2D eigenvalue weighted by atomic mass is 10.4. The van der Waals surface area contributed by atoms with Crippen molar-refractivity contribution in [2.75, 3.05) is 24.9 Å². The number of hydrogen-bond donors (Lipinski definition) is 2. The number of aliphatic hydroxyl groups is 2. The minimum absolute atomic E-state index is 0.382. The lowest BCUT2D eigenvalue weighted by molar-refractivity contribution is -0.102. The van der Waals surface area contributed by atoms with Gasteiger partial charge < -0.3 is 14.9 Å². The van der Waals surface area contributed by atoms with Gasteiger partial charge in [-0.2, -0.15) is 11.8 Å². The summed E-state index contributed by atoms with van der Waals surface area (Å²) in [6.07, 6.45) is 4.37. The summed E-state index contributed by atoms with van der Waals surface area (Å²) in [7, 11) is 0. The molecule has 0 saturated heterocycles. The van der Waals surface area contributed by atoms with Gasteiger partial charge in [-0.15, -0.1) is 11.8 Å². The molecule has 0 aliphatic heterocycles. The molecule has 0 heterocycles. The molecule has 0 fully saturated rings. The summed E-state index contributed by atoms with van der Waals surface area (Å²) < 4.78 is 5.09. The first-order valence-corrected chi connectivity index (χ1v) is 6.88. The van der Waals surface area contributed by atoms with Crippen molar-refractivity contribution < 1.29 is 14.9 Å². The zero-order valence-corrected chi connectivity index (χ0v) is 9.74. The molecule has 2 atom stereocenters. The molecule has 2 N–H and O–H groups in total. The van der Waals surface area contributed by atoms with Crippen LogP contribution in [0, 0.1) is 0 Å². The Labute approximate surface area is 88.2 Å². The predicted octanol–water partition coefficient (Wildman–Crippen LogP) is 1.15. The molecule has 13 heavy (non-hydrogen) atoms. The fourth-order valence-corrected chi connectivity index (χ4v) is 1.49. The normalized spacial score (nSPS) is 15.7. The van der Waals surface area contributed by atoms with Gasteiger partial charge in [-0.3, -0.25) is 0 Å². The van der Waals surface area contributed by atoms with Crippen molar-refractivity contribution >= 4 is 23.5 Å². The van der Waals surface area contributed by atoms with E-state index in [0.717, 1.165) is 5.75 Å². The van der Waals surface area contributed by atoms with Gasteiger partial charge in [-0.25, -0.2) is 0 Å². The van der Waals surface area contributed by atoms with Gasteiger partial charge in [0.15, 0.2) is 6.29 Å². The highest BCUT2D eigenvalue weighted by Gasteiger charge is 2.05. The van der Waals surface area contributed by atoms with Crippen LogP contribution in [0.3, 0.4) is 0 Å². The molecule has 3 nitrogen and oxygen atoms in total. The molecule has 0 radical (unpaired) electrons. The minimum Gasteiger partial charge on any atom is -0.382 e. The summed E-state index contributed by atoms with van der Waals surface area (Å²) in [5.41, 5.74) is -0.382. The van der Waals surface area contributed by atoms with E-state index in [-0.39, 0.29) is 5.44 Å². The van der Waals surface area contributed by atoms with Gasteiger partial charge in [0.25, 0.3) is 0 Å². The first-order valence-electron chi connectivity index (χ1n) is 4.20. The van der Waals surface area contributed by atoms with Crippen LogP contribution in [0.5, 0.6) is 0 Å². The molecular weight excluding hydrogens is 208 g/mol. The largest absolute Gasteiger partial charge is 0.382 e. The van der Waals surface area contributed by atoms with Crippen LogP contribution in [0.4, 0.5) is 0 Å². The smallest absolute Gasteiger partial charge is 0.155 e. The van der Waals surface area contributed by atoms with E-state index in [1.54, 1.807) is 11.8 Å². The number of rotatable bonds is 8. The molecule has 0 unspecified atom stereocenters. The third-order valence-electron chi connectivity index (χ3n) is 1.52. The number of ether oxygens (including phenoxy) is 1. The molecule has 0 bridgehead atoms. The van der Waals surface area contributed by atoms with Crippen LogP contribution in [-0.4, -0.2) is 46.8 Å². The lowest BCUT2D eigenvalue weighted by Gasteiger charge is -2.12. The second-order valence-electron chi connectivity index (χ2n) is 2.59. The zero-order chi connectivity index (χ0) is 10.1. The Hall–Kier alpha value is 0.580. The van der Waals surface area contributed by atoms with Crippen molar-refractivity contribution in [3.8, 4) is 0 Å². The third-order valence-corrected chi connectivity index (χ3v) is 2.94. The fourth-order valence-electron chi connectivity index (χ4n) is 0.725. The quantitative estimate of drug-likeness (QED) is 0.608. The van der Waals surface area contributed by atoms with E-state index in [1.807, 2.05) is 12.5 Å². The van der Waals surface area contributed by atoms with Crippen LogP contribution in [0.2, 0.25) is 0 Å². The molecular formula is C8H18O3S2. The predicted molar refractivity (Wildman–Crippen MR) is 59.1 cm³/mol. The second-order valence-corrected chi connectivity index (χ2v) is 4.59. The number of aliphatic hydroxyl groups excluding tert-OH is 2. The van der Waals surface area contributed by atoms with Gasteiger partial charge in [-0.1, -0.05) is 0 Å². The maximum Gasteiger partial charge on any atom is 0.155 e. The van der Waals surface area contributed by atoms with Crippen molar-refractivity contribution in [3.05, 3.63) is 0 Å². The summed E-state index contributed by atoms with van der Waals surface area (Å²) in [4.78, 5) is 0. The van der Waals surface area contributed by atoms with Gasteiger partial charge >= 0.3 is 0 Å². The van der Waals surface area contributed by atoms with Gasteiger partial charge in [-0.05, 0) is 18.3 Å². The maximum absolute atomic E-state index is 9.24. The molecule has 0 spiro atoms. The van der Waals surface area contributed by atoms with Crippen LogP contribution < -0.4 is 0 Å². The van der Waals surface area contributed by atoms with Crippen LogP contribution in [0.15, 0.2) is 0 Å². The molecule has 0 saturated carbocycles. The summed E-state index contributed by atoms with van der Waals surface area (Å²) in [5, 5.41) is 18.4. The summed E-state index contributed by atoms with van der Waals surface area (Å²) in [6, 6.07) is 0. The van der Waals surface area contributed by atoms with E-state index in [2.05, 4.69) is 0 Å². The third kappa shape index (κ3) is 8.90. The molecule has 0 aromatic heterocycles. The van der Waals surface area contributed by atoms with Crippen molar-refractivity contribution in [2.45, 2.75) is 24.6 Å². The number of thioether (sulfide) groups is 2. The zero-order valence-electron chi connectivity index (χ0n) is 8.10. The van der Waals surface area contributed by atoms with E-state index in [1.165, 1.54) is 11.8 Å². The first-order chi connectivity index (χ1) is 6.20. The summed E-state index contributed by atoms with van der Waals surface area (Å²) in [5.74, 6) is 0.895. The number of hydrogen-bond acceptors (Lipinski definition) is 5. The molecule has 0 aliphatic carbocycles. The van der Waals surface area contributed by atoms with Gasteiger partial charge in [0.1, 0.15) is 5.44 Å². The molecule has 0 aromatic carbocycles. The maximum atomic E-state index is 9.24. The van der Waals surface area contributed by atoms with Crippen LogP contribution in [0.1, 0.15) is 12.8 Å². The topological polar surface area (TPSA) is 49.7 Å². The standard InChI is InChI=1S/C8H18O3S2/c1-12-6-4-7(9)11-5-3-8(10)13-2/h7-10H,3-6H2,1-2H3/t7-,8+/m1/s1. The summed E-state index contributed by atoms with van der Waals surface area (Å²) >= 11 is 3.06. The van der Waals surface area contributed by atoms with Gasteiger partial charge in [0, 0.05) is 12.8 Å². The van der Waals surface area contributed by atoms with Crippen LogP contribution >= 0.6 is 23.5 Å². The van der Waals surface area contributed by atoms with E-state index in [9.17, 15) is 5.11 Å². The van der Waals surface area contributed by atoms with Crippen LogP contribution in [-0.2, 0) is 4.74 Å². The Morgan fingerprint density at radius 1 is 1.23 bits per heavy atom. The molecule has 0 rings (SSSR count). The average Bonchev–Trinajstić information content (AvgIpc) is 2.14.